The lowest BCUT2D eigenvalue weighted by Gasteiger charge is -2.21. The van der Waals surface area contributed by atoms with E-state index in [0.717, 1.165) is 12.8 Å². The quantitative estimate of drug-likeness (QED) is 0.295. The van der Waals surface area contributed by atoms with Crippen molar-refractivity contribution in [3.05, 3.63) is 71.2 Å². The van der Waals surface area contributed by atoms with E-state index in [1.807, 2.05) is 6.92 Å². The number of carbonyl (C=O) groups is 2. The highest BCUT2D eigenvalue weighted by Crippen LogP contribution is 2.45. The summed E-state index contributed by atoms with van der Waals surface area (Å²) in [6.07, 6.45) is 1.59. The van der Waals surface area contributed by atoms with Crippen molar-refractivity contribution < 1.29 is 33.3 Å². The standard InChI is InChI=1S/C32H36FN3O6/c1-18(14-35-30(38)22-8-11-26(40-15-19(2)37)27(12-22)41-16-20-4-5-20)25-13-24-29(42-17-32(24,3)31(34)39)28(36-25)21-6-9-23(33)10-7-21/h6-13,18-20,37H,4-5,14-17H2,1-3H3,(H2,34,39)(H,35,38)/t18-,19-,32+/m1/s1. The second-order valence-corrected chi connectivity index (χ2v) is 11.5. The average molecular weight is 578 g/mol. The molecule has 3 atom stereocenters. The van der Waals surface area contributed by atoms with Crippen molar-refractivity contribution in [3.8, 4) is 28.5 Å². The number of hydrogen-bond donors (Lipinski definition) is 3. The van der Waals surface area contributed by atoms with Gasteiger partial charge in [0.25, 0.3) is 5.91 Å². The normalized spacial score (nSPS) is 18.9. The van der Waals surface area contributed by atoms with Crippen molar-refractivity contribution in [1.82, 2.24) is 10.3 Å². The number of rotatable bonds is 12. The summed E-state index contributed by atoms with van der Waals surface area (Å²) in [5.74, 6) is 0.420. The summed E-state index contributed by atoms with van der Waals surface area (Å²) in [5.41, 5.74) is 7.47. The first kappa shape index (κ1) is 29.3. The number of carbonyl (C=O) groups excluding carboxylic acids is 2. The van der Waals surface area contributed by atoms with Gasteiger partial charge in [-0.15, -0.1) is 0 Å². The van der Waals surface area contributed by atoms with Crippen molar-refractivity contribution in [2.45, 2.75) is 51.0 Å². The zero-order valence-corrected chi connectivity index (χ0v) is 24.0. The van der Waals surface area contributed by atoms with Gasteiger partial charge in [-0.1, -0.05) is 6.92 Å². The number of hydrogen-bond acceptors (Lipinski definition) is 7. The number of aliphatic hydroxyl groups excluding tert-OH is 1. The summed E-state index contributed by atoms with van der Waals surface area (Å²) >= 11 is 0. The van der Waals surface area contributed by atoms with Crippen molar-refractivity contribution in [2.75, 3.05) is 26.4 Å². The Balaban J connectivity index is 1.36. The smallest absolute Gasteiger partial charge is 0.251 e. The van der Waals surface area contributed by atoms with E-state index in [0.29, 0.717) is 57.9 Å². The third-order valence-electron chi connectivity index (χ3n) is 7.69. The van der Waals surface area contributed by atoms with Crippen LogP contribution in [0.5, 0.6) is 17.2 Å². The predicted molar refractivity (Wildman–Crippen MR) is 154 cm³/mol. The van der Waals surface area contributed by atoms with Crippen LogP contribution in [0, 0.1) is 11.7 Å². The molecule has 2 heterocycles. The Kier molecular flexibility index (Phi) is 8.36. The Bertz CT molecular complexity index is 1470. The van der Waals surface area contributed by atoms with Crippen LogP contribution >= 0.6 is 0 Å². The molecule has 1 fully saturated rings. The van der Waals surface area contributed by atoms with Crippen molar-refractivity contribution >= 4 is 11.8 Å². The van der Waals surface area contributed by atoms with Crippen molar-refractivity contribution in [3.63, 3.8) is 0 Å². The van der Waals surface area contributed by atoms with E-state index >= 15 is 0 Å². The SMILES string of the molecule is C[C@H](CNC(=O)c1ccc(OC[C@@H](C)O)c(OCC2CC2)c1)c1cc2c(c(-c3ccc(F)cc3)n1)OC[C@]2(C)C(N)=O. The minimum Gasteiger partial charge on any atom is -0.489 e. The first-order chi connectivity index (χ1) is 20.0. The Labute approximate surface area is 244 Å². The number of aromatic nitrogens is 1. The molecule has 10 heteroatoms. The monoisotopic (exact) mass is 577 g/mol. The first-order valence-corrected chi connectivity index (χ1v) is 14.1. The maximum Gasteiger partial charge on any atom is 0.251 e. The summed E-state index contributed by atoms with van der Waals surface area (Å²) in [5, 5.41) is 12.6. The number of nitrogens with one attached hydrogen (secondary N) is 1. The van der Waals surface area contributed by atoms with E-state index in [1.54, 1.807) is 50.2 Å². The average Bonchev–Trinajstić information content (AvgIpc) is 3.74. The Morgan fingerprint density at radius 1 is 1.14 bits per heavy atom. The van der Waals surface area contributed by atoms with Gasteiger partial charge in [0.2, 0.25) is 5.91 Å². The number of fused-ring (bicyclic) bond motifs is 1. The Morgan fingerprint density at radius 3 is 2.55 bits per heavy atom. The van der Waals surface area contributed by atoms with Crippen molar-refractivity contribution in [2.24, 2.45) is 11.7 Å². The van der Waals surface area contributed by atoms with E-state index in [1.165, 1.54) is 12.1 Å². The molecular weight excluding hydrogens is 541 g/mol. The van der Waals surface area contributed by atoms with Gasteiger partial charge in [0.1, 0.15) is 35.9 Å². The number of nitrogens with two attached hydrogens (primary N) is 1. The van der Waals surface area contributed by atoms with Crippen LogP contribution in [0.15, 0.2) is 48.5 Å². The molecule has 5 rings (SSSR count). The number of pyridine rings is 1. The molecule has 1 aromatic heterocycles. The van der Waals surface area contributed by atoms with Crippen LogP contribution in [0.4, 0.5) is 4.39 Å². The van der Waals surface area contributed by atoms with Gasteiger partial charge in [0.15, 0.2) is 11.5 Å². The third kappa shape index (κ3) is 6.33. The Hall–Kier alpha value is -4.18. The van der Waals surface area contributed by atoms with Crippen LogP contribution < -0.4 is 25.3 Å². The lowest BCUT2D eigenvalue weighted by atomic mass is 9.82. The third-order valence-corrected chi connectivity index (χ3v) is 7.69. The van der Waals surface area contributed by atoms with E-state index in [2.05, 4.69) is 5.32 Å². The van der Waals surface area contributed by atoms with Crippen LogP contribution in [0.25, 0.3) is 11.3 Å². The highest BCUT2D eigenvalue weighted by atomic mass is 19.1. The molecule has 0 saturated heterocycles. The minimum atomic E-state index is -1.06. The molecule has 1 saturated carbocycles. The van der Waals surface area contributed by atoms with Gasteiger partial charge in [0.05, 0.1) is 12.7 Å². The summed E-state index contributed by atoms with van der Waals surface area (Å²) in [6.45, 7) is 6.25. The molecule has 0 bridgehead atoms. The lowest BCUT2D eigenvalue weighted by molar-refractivity contribution is -0.123. The van der Waals surface area contributed by atoms with Gasteiger partial charge in [-0.2, -0.15) is 0 Å². The molecule has 1 aliphatic heterocycles. The number of aliphatic hydroxyl groups is 1. The molecule has 0 unspecified atom stereocenters. The number of ether oxygens (including phenoxy) is 3. The largest absolute Gasteiger partial charge is 0.489 e. The molecular formula is C32H36FN3O6. The Morgan fingerprint density at radius 2 is 1.88 bits per heavy atom. The molecule has 0 spiro atoms. The second kappa shape index (κ2) is 12.0. The van der Waals surface area contributed by atoms with Crippen LogP contribution in [-0.4, -0.2) is 54.4 Å². The van der Waals surface area contributed by atoms with Gasteiger partial charge in [-0.05, 0) is 81.1 Å². The number of halogens is 1. The minimum absolute atomic E-state index is 0.0736. The summed E-state index contributed by atoms with van der Waals surface area (Å²) < 4.78 is 31.2. The van der Waals surface area contributed by atoms with E-state index in [9.17, 15) is 19.1 Å². The van der Waals surface area contributed by atoms with Gasteiger partial charge >= 0.3 is 0 Å². The predicted octanol–water partition coefficient (Wildman–Crippen LogP) is 4.11. The zero-order valence-electron chi connectivity index (χ0n) is 24.0. The molecule has 2 aliphatic rings. The molecule has 0 radical (unpaired) electrons. The number of primary amides is 1. The fraction of sp³-hybridized carbons (Fsp3) is 0.406. The van der Waals surface area contributed by atoms with Crippen LogP contribution in [0.2, 0.25) is 0 Å². The maximum absolute atomic E-state index is 13.6. The van der Waals surface area contributed by atoms with Crippen LogP contribution in [-0.2, 0) is 10.2 Å². The van der Waals surface area contributed by atoms with Crippen LogP contribution in [0.3, 0.4) is 0 Å². The zero-order chi connectivity index (χ0) is 30.0. The molecule has 9 nitrogen and oxygen atoms in total. The highest BCUT2D eigenvalue weighted by molar-refractivity contribution is 5.95. The molecule has 4 N–H and O–H groups in total. The topological polar surface area (TPSA) is 133 Å². The summed E-state index contributed by atoms with van der Waals surface area (Å²) in [6, 6.07) is 12.7. The molecule has 3 aromatic rings. The summed E-state index contributed by atoms with van der Waals surface area (Å²) in [7, 11) is 0. The fourth-order valence-corrected chi connectivity index (χ4v) is 4.70. The number of benzene rings is 2. The van der Waals surface area contributed by atoms with Gasteiger partial charge in [0, 0.05) is 34.8 Å². The summed E-state index contributed by atoms with van der Waals surface area (Å²) in [4.78, 5) is 30.4. The fourth-order valence-electron chi connectivity index (χ4n) is 4.70. The lowest BCUT2D eigenvalue weighted by Crippen LogP contribution is -2.39. The molecule has 222 valence electrons. The van der Waals surface area contributed by atoms with Gasteiger partial charge < -0.3 is 30.4 Å². The van der Waals surface area contributed by atoms with E-state index in [-0.39, 0.29) is 37.4 Å². The van der Waals surface area contributed by atoms with E-state index in [4.69, 9.17) is 24.9 Å². The first-order valence-electron chi connectivity index (χ1n) is 14.1. The molecule has 2 amide bonds. The highest BCUT2D eigenvalue weighted by Gasteiger charge is 2.44. The molecule has 42 heavy (non-hydrogen) atoms. The van der Waals surface area contributed by atoms with Gasteiger partial charge in [-0.25, -0.2) is 9.37 Å². The molecule has 2 aromatic carbocycles. The maximum atomic E-state index is 13.6. The van der Waals surface area contributed by atoms with Gasteiger partial charge in [-0.3, -0.25) is 9.59 Å². The molecule has 1 aliphatic carbocycles. The number of amides is 2. The van der Waals surface area contributed by atoms with Crippen molar-refractivity contribution in [1.29, 1.82) is 0 Å². The second-order valence-electron chi connectivity index (χ2n) is 11.5. The van der Waals surface area contributed by atoms with E-state index < -0.39 is 17.4 Å². The number of nitrogens with zero attached hydrogens (tertiary/aromatic N) is 1. The van der Waals surface area contributed by atoms with Crippen LogP contribution in [0.1, 0.15) is 61.1 Å².